The molecule has 0 aliphatic carbocycles. The van der Waals surface area contributed by atoms with Crippen LogP contribution in [0.25, 0.3) is 0 Å². The second-order valence-corrected chi connectivity index (χ2v) is 4.03. The molecule has 5 heteroatoms. The standard InChI is InChI=1S/C12H17N3O2/c1-13-12(16)11-9-15(6-7-17-11)8-10-4-2-3-5-14-10/h2-5,11H,6-9H2,1H3,(H,13,16)/t11-/m1/s1. The maximum Gasteiger partial charge on any atom is 0.250 e. The summed E-state index contributed by atoms with van der Waals surface area (Å²) < 4.78 is 5.42. The van der Waals surface area contributed by atoms with E-state index in [1.54, 1.807) is 13.2 Å². The topological polar surface area (TPSA) is 54.5 Å². The van der Waals surface area contributed by atoms with Gasteiger partial charge in [0.25, 0.3) is 0 Å². The molecular weight excluding hydrogens is 218 g/mol. The number of rotatable bonds is 3. The fourth-order valence-electron chi connectivity index (χ4n) is 1.89. The Kier molecular flexibility index (Phi) is 4.06. The average Bonchev–Trinajstić information content (AvgIpc) is 2.39. The zero-order valence-electron chi connectivity index (χ0n) is 9.93. The van der Waals surface area contributed by atoms with E-state index in [1.807, 2.05) is 18.2 Å². The normalized spacial score (nSPS) is 21.1. The second kappa shape index (κ2) is 5.75. The van der Waals surface area contributed by atoms with Crippen LogP contribution in [-0.4, -0.2) is 48.6 Å². The maximum atomic E-state index is 11.5. The van der Waals surface area contributed by atoms with Crippen molar-refractivity contribution in [2.75, 3.05) is 26.7 Å². The van der Waals surface area contributed by atoms with Crippen LogP contribution in [0.5, 0.6) is 0 Å². The molecule has 0 bridgehead atoms. The molecule has 1 amide bonds. The molecule has 1 saturated heterocycles. The minimum absolute atomic E-state index is 0.0595. The van der Waals surface area contributed by atoms with E-state index in [9.17, 15) is 4.79 Å². The summed E-state index contributed by atoms with van der Waals surface area (Å²) in [5.41, 5.74) is 1.02. The van der Waals surface area contributed by atoms with E-state index in [2.05, 4.69) is 15.2 Å². The predicted octanol–water partition coefficient (Wildman–Crippen LogP) is 0.0284. The summed E-state index contributed by atoms with van der Waals surface area (Å²) in [6.07, 6.45) is 1.42. The highest BCUT2D eigenvalue weighted by molar-refractivity contribution is 5.80. The van der Waals surface area contributed by atoms with Crippen LogP contribution in [-0.2, 0) is 16.1 Å². The molecule has 1 aromatic heterocycles. The number of amides is 1. The van der Waals surface area contributed by atoms with E-state index >= 15 is 0 Å². The first-order chi connectivity index (χ1) is 8.29. The predicted molar refractivity (Wildman–Crippen MR) is 63.3 cm³/mol. The van der Waals surface area contributed by atoms with E-state index in [1.165, 1.54) is 0 Å². The molecule has 5 nitrogen and oxygen atoms in total. The Balaban J connectivity index is 1.92. The van der Waals surface area contributed by atoms with Crippen molar-refractivity contribution in [2.45, 2.75) is 12.6 Å². The molecule has 92 valence electrons. The number of aromatic nitrogens is 1. The lowest BCUT2D eigenvalue weighted by molar-refractivity contribution is -0.138. The monoisotopic (exact) mass is 235 g/mol. The van der Waals surface area contributed by atoms with Gasteiger partial charge in [0, 0.05) is 32.9 Å². The summed E-state index contributed by atoms with van der Waals surface area (Å²) in [6, 6.07) is 5.86. The van der Waals surface area contributed by atoms with Gasteiger partial charge in [0.2, 0.25) is 5.91 Å². The van der Waals surface area contributed by atoms with E-state index in [-0.39, 0.29) is 12.0 Å². The second-order valence-electron chi connectivity index (χ2n) is 4.03. The lowest BCUT2D eigenvalue weighted by Gasteiger charge is -2.31. The molecule has 1 aliphatic rings. The van der Waals surface area contributed by atoms with Gasteiger partial charge in [-0.2, -0.15) is 0 Å². The summed E-state index contributed by atoms with van der Waals surface area (Å²) in [7, 11) is 1.63. The van der Waals surface area contributed by atoms with Gasteiger partial charge in [0.15, 0.2) is 0 Å². The quantitative estimate of drug-likeness (QED) is 0.803. The average molecular weight is 235 g/mol. The van der Waals surface area contributed by atoms with Crippen molar-refractivity contribution in [3.05, 3.63) is 30.1 Å². The largest absolute Gasteiger partial charge is 0.366 e. The number of carbonyl (C=O) groups is 1. The van der Waals surface area contributed by atoms with Crippen LogP contribution in [0.15, 0.2) is 24.4 Å². The summed E-state index contributed by atoms with van der Waals surface area (Å²) in [5.74, 6) is -0.0595. The fourth-order valence-corrected chi connectivity index (χ4v) is 1.89. The van der Waals surface area contributed by atoms with Gasteiger partial charge in [0.1, 0.15) is 6.10 Å². The SMILES string of the molecule is CNC(=O)[C@H]1CN(Cc2ccccn2)CCO1. The van der Waals surface area contributed by atoms with Gasteiger partial charge >= 0.3 is 0 Å². The summed E-state index contributed by atoms with van der Waals surface area (Å²) in [4.78, 5) is 18.0. The number of hydrogen-bond donors (Lipinski definition) is 1. The highest BCUT2D eigenvalue weighted by Gasteiger charge is 2.25. The Bertz CT molecular complexity index is 369. The fraction of sp³-hybridized carbons (Fsp3) is 0.500. The molecule has 2 heterocycles. The molecule has 1 fully saturated rings. The number of nitrogens with zero attached hydrogens (tertiary/aromatic N) is 2. The van der Waals surface area contributed by atoms with Crippen molar-refractivity contribution >= 4 is 5.91 Å². The van der Waals surface area contributed by atoms with Gasteiger partial charge in [0.05, 0.1) is 12.3 Å². The third-order valence-electron chi connectivity index (χ3n) is 2.80. The lowest BCUT2D eigenvalue weighted by atomic mass is 10.2. The van der Waals surface area contributed by atoms with Crippen LogP contribution >= 0.6 is 0 Å². The van der Waals surface area contributed by atoms with Crippen LogP contribution < -0.4 is 5.32 Å². The molecule has 1 aliphatic heterocycles. The molecule has 1 aromatic rings. The molecule has 2 rings (SSSR count). The number of ether oxygens (including phenoxy) is 1. The van der Waals surface area contributed by atoms with Crippen LogP contribution in [0.3, 0.4) is 0 Å². The van der Waals surface area contributed by atoms with Crippen molar-refractivity contribution in [2.24, 2.45) is 0 Å². The van der Waals surface area contributed by atoms with Crippen LogP contribution in [0.1, 0.15) is 5.69 Å². The van der Waals surface area contributed by atoms with E-state index in [0.29, 0.717) is 13.2 Å². The zero-order chi connectivity index (χ0) is 12.1. The molecule has 0 unspecified atom stereocenters. The Labute approximate surface area is 101 Å². The Morgan fingerprint density at radius 3 is 3.24 bits per heavy atom. The lowest BCUT2D eigenvalue weighted by Crippen LogP contribution is -2.48. The molecular formula is C12H17N3O2. The molecule has 17 heavy (non-hydrogen) atoms. The molecule has 0 radical (unpaired) electrons. The van der Waals surface area contributed by atoms with E-state index in [0.717, 1.165) is 18.8 Å². The minimum Gasteiger partial charge on any atom is -0.366 e. The molecule has 1 atom stereocenters. The summed E-state index contributed by atoms with van der Waals surface area (Å²) in [6.45, 7) is 2.81. The zero-order valence-corrected chi connectivity index (χ0v) is 9.93. The van der Waals surface area contributed by atoms with E-state index < -0.39 is 0 Å². The third kappa shape index (κ3) is 3.25. The van der Waals surface area contributed by atoms with E-state index in [4.69, 9.17) is 4.74 Å². The number of hydrogen-bond acceptors (Lipinski definition) is 4. The van der Waals surface area contributed by atoms with Gasteiger partial charge < -0.3 is 10.1 Å². The van der Waals surface area contributed by atoms with Crippen molar-refractivity contribution in [3.63, 3.8) is 0 Å². The van der Waals surface area contributed by atoms with Crippen molar-refractivity contribution in [1.29, 1.82) is 0 Å². The van der Waals surface area contributed by atoms with Gasteiger partial charge in [-0.05, 0) is 12.1 Å². The Morgan fingerprint density at radius 2 is 2.53 bits per heavy atom. The van der Waals surface area contributed by atoms with Gasteiger partial charge in [-0.1, -0.05) is 6.07 Å². The minimum atomic E-state index is -0.363. The Hall–Kier alpha value is -1.46. The number of morpholine rings is 1. The Morgan fingerprint density at radius 1 is 1.65 bits per heavy atom. The van der Waals surface area contributed by atoms with Crippen molar-refractivity contribution in [1.82, 2.24) is 15.2 Å². The molecule has 0 spiro atoms. The summed E-state index contributed by atoms with van der Waals surface area (Å²) in [5, 5.41) is 2.61. The number of carbonyl (C=O) groups excluding carboxylic acids is 1. The molecule has 0 aromatic carbocycles. The number of nitrogens with one attached hydrogen (secondary N) is 1. The van der Waals surface area contributed by atoms with Crippen LogP contribution in [0, 0.1) is 0 Å². The van der Waals surface area contributed by atoms with Crippen molar-refractivity contribution in [3.8, 4) is 0 Å². The maximum absolute atomic E-state index is 11.5. The van der Waals surface area contributed by atoms with Crippen LogP contribution in [0.2, 0.25) is 0 Å². The van der Waals surface area contributed by atoms with Crippen LogP contribution in [0.4, 0.5) is 0 Å². The summed E-state index contributed by atoms with van der Waals surface area (Å²) >= 11 is 0. The van der Waals surface area contributed by atoms with Crippen molar-refractivity contribution < 1.29 is 9.53 Å². The number of pyridine rings is 1. The van der Waals surface area contributed by atoms with Gasteiger partial charge in [-0.3, -0.25) is 14.7 Å². The highest BCUT2D eigenvalue weighted by atomic mass is 16.5. The first-order valence-electron chi connectivity index (χ1n) is 5.75. The highest BCUT2D eigenvalue weighted by Crippen LogP contribution is 2.08. The van der Waals surface area contributed by atoms with Gasteiger partial charge in [-0.25, -0.2) is 0 Å². The smallest absolute Gasteiger partial charge is 0.250 e. The number of likely N-dealkylation sites (N-methyl/N-ethyl adjacent to an activating group) is 1. The molecule has 0 saturated carbocycles. The first kappa shape index (κ1) is 12.0. The molecule has 1 N–H and O–H groups in total. The van der Waals surface area contributed by atoms with Gasteiger partial charge in [-0.15, -0.1) is 0 Å². The third-order valence-corrected chi connectivity index (χ3v) is 2.80. The first-order valence-corrected chi connectivity index (χ1v) is 5.75.